The summed E-state index contributed by atoms with van der Waals surface area (Å²) < 4.78 is 0. The first kappa shape index (κ1) is 28.5. The van der Waals surface area contributed by atoms with Crippen molar-refractivity contribution in [3.8, 4) is 0 Å². The van der Waals surface area contributed by atoms with Gasteiger partial charge in [-0.3, -0.25) is 19.3 Å². The highest BCUT2D eigenvalue weighted by atomic mass is 16.3. The molecule has 5 N–H and O–H groups in total. The summed E-state index contributed by atoms with van der Waals surface area (Å²) in [6.45, 7) is 7.27. The van der Waals surface area contributed by atoms with E-state index in [-0.39, 0.29) is 53.1 Å². The summed E-state index contributed by atoms with van der Waals surface area (Å²) in [5.41, 5.74) is 10.8. The van der Waals surface area contributed by atoms with E-state index in [1.54, 1.807) is 0 Å². The number of aryl methyl sites for hydroxylation is 1. The van der Waals surface area contributed by atoms with Crippen molar-refractivity contribution in [1.82, 2.24) is 4.90 Å². The normalized spacial score (nSPS) is 28.6. The van der Waals surface area contributed by atoms with Crippen molar-refractivity contribution in [2.24, 2.45) is 29.4 Å². The zero-order valence-electron chi connectivity index (χ0n) is 24.4. The van der Waals surface area contributed by atoms with Crippen LogP contribution in [0.1, 0.15) is 75.5 Å². The summed E-state index contributed by atoms with van der Waals surface area (Å²) in [5, 5.41) is 33.9. The standard InChI is InChI=1S/C34H40N2O6/c1-3-19-8-7-18(16-36-9-5-4-6-10-36)12-22(19)26-17(2)11-24(37)29-23(26)14-20-13-21-15-25(38)30(34(35)42)33(41)28(21)31(39)27(20)32(29)40/h7-8,12,17,20-21,28,39-41H,3-6,9-11,13-16H2,1-2H3,(H2,35,42). The summed E-state index contributed by atoms with van der Waals surface area (Å²) in [6.07, 6.45) is 5.62. The van der Waals surface area contributed by atoms with E-state index in [0.717, 1.165) is 42.8 Å². The number of primary amides is 1. The third-order valence-corrected chi connectivity index (χ3v) is 10.1. The zero-order valence-corrected chi connectivity index (χ0v) is 24.4. The van der Waals surface area contributed by atoms with Gasteiger partial charge in [-0.2, -0.15) is 0 Å². The number of fused-ring (bicyclic) bond motifs is 3. The van der Waals surface area contributed by atoms with Crippen molar-refractivity contribution >= 4 is 23.0 Å². The smallest absolute Gasteiger partial charge is 0.255 e. The molecule has 1 saturated heterocycles. The average Bonchev–Trinajstić information content (AvgIpc) is 2.93. The van der Waals surface area contributed by atoms with Gasteiger partial charge in [0.2, 0.25) is 0 Å². The van der Waals surface area contributed by atoms with Crippen molar-refractivity contribution in [3.63, 3.8) is 0 Å². The number of aliphatic hydroxyl groups is 3. The number of allylic oxidation sites excluding steroid dienone is 4. The van der Waals surface area contributed by atoms with Gasteiger partial charge in [0.05, 0.1) is 11.5 Å². The van der Waals surface area contributed by atoms with Crippen LogP contribution in [-0.4, -0.2) is 50.8 Å². The summed E-state index contributed by atoms with van der Waals surface area (Å²) >= 11 is 0. The van der Waals surface area contributed by atoms with Crippen LogP contribution in [0.25, 0.3) is 5.57 Å². The minimum Gasteiger partial charge on any atom is -0.511 e. The highest BCUT2D eigenvalue weighted by molar-refractivity contribution is 6.19. The van der Waals surface area contributed by atoms with Crippen LogP contribution in [0, 0.1) is 23.7 Å². The number of ketones is 2. The molecular weight excluding hydrogens is 532 g/mol. The molecule has 1 aromatic carbocycles. The van der Waals surface area contributed by atoms with E-state index in [4.69, 9.17) is 5.73 Å². The topological polar surface area (TPSA) is 141 Å². The average molecular weight is 573 g/mol. The minimum atomic E-state index is -1.04. The van der Waals surface area contributed by atoms with Gasteiger partial charge in [-0.05, 0) is 96.9 Å². The fraction of sp³-hybridized carbons (Fsp3) is 0.500. The van der Waals surface area contributed by atoms with Crippen molar-refractivity contribution in [2.75, 3.05) is 13.1 Å². The SMILES string of the molecule is CCc1ccc(CN2CCCCC2)cc1C1=C2CC3CC4CC(=O)C(C(N)=O)=C(O)C4C(O)=C3C(O)=C2C(=O)CC1C. The molecule has 0 aromatic heterocycles. The second-order valence-electron chi connectivity index (χ2n) is 12.8. The monoisotopic (exact) mass is 572 g/mol. The van der Waals surface area contributed by atoms with Crippen LogP contribution in [0.15, 0.2) is 57.8 Å². The number of likely N-dealkylation sites (tertiary alicyclic amines) is 1. The number of carbonyl (C=O) groups is 3. The fourth-order valence-corrected chi connectivity index (χ4v) is 8.21. The predicted octanol–water partition coefficient (Wildman–Crippen LogP) is 5.15. The highest BCUT2D eigenvalue weighted by Gasteiger charge is 2.50. The third kappa shape index (κ3) is 4.60. The van der Waals surface area contributed by atoms with E-state index >= 15 is 0 Å². The lowest BCUT2D eigenvalue weighted by Crippen LogP contribution is -2.40. The Kier molecular flexibility index (Phi) is 7.37. The van der Waals surface area contributed by atoms with E-state index < -0.39 is 34.9 Å². The number of aliphatic hydroxyl groups excluding tert-OH is 3. The van der Waals surface area contributed by atoms with Gasteiger partial charge in [-0.25, -0.2) is 0 Å². The Morgan fingerprint density at radius 3 is 2.40 bits per heavy atom. The number of carbonyl (C=O) groups excluding carboxylic acids is 3. The summed E-state index contributed by atoms with van der Waals surface area (Å²) in [4.78, 5) is 40.6. The van der Waals surface area contributed by atoms with Crippen LogP contribution in [0.5, 0.6) is 0 Å². The quantitative estimate of drug-likeness (QED) is 0.358. The van der Waals surface area contributed by atoms with Gasteiger partial charge >= 0.3 is 0 Å². The second-order valence-corrected chi connectivity index (χ2v) is 12.8. The molecule has 0 radical (unpaired) electrons. The molecule has 1 amide bonds. The summed E-state index contributed by atoms with van der Waals surface area (Å²) in [7, 11) is 0. The van der Waals surface area contributed by atoms with Gasteiger partial charge in [-0.1, -0.05) is 32.4 Å². The number of amides is 1. The van der Waals surface area contributed by atoms with E-state index in [0.29, 0.717) is 12.8 Å². The largest absolute Gasteiger partial charge is 0.511 e. The van der Waals surface area contributed by atoms with Crippen LogP contribution in [0.4, 0.5) is 0 Å². The number of nitrogens with two attached hydrogens (primary N) is 1. The van der Waals surface area contributed by atoms with E-state index in [1.807, 2.05) is 0 Å². The van der Waals surface area contributed by atoms with Crippen molar-refractivity contribution < 1.29 is 29.7 Å². The maximum absolute atomic E-state index is 13.5. The van der Waals surface area contributed by atoms with Gasteiger partial charge in [0.1, 0.15) is 22.9 Å². The number of nitrogens with zero attached hydrogens (tertiary/aromatic N) is 1. The summed E-state index contributed by atoms with van der Waals surface area (Å²) in [5.74, 6) is -4.66. The molecule has 0 saturated carbocycles. The second kappa shape index (κ2) is 10.9. The molecule has 4 unspecified atom stereocenters. The lowest BCUT2D eigenvalue weighted by Gasteiger charge is -2.43. The van der Waals surface area contributed by atoms with Crippen LogP contribution >= 0.6 is 0 Å². The molecule has 42 heavy (non-hydrogen) atoms. The van der Waals surface area contributed by atoms with Gasteiger partial charge in [0.25, 0.3) is 5.91 Å². The van der Waals surface area contributed by atoms with Crippen LogP contribution < -0.4 is 5.73 Å². The molecule has 4 aliphatic carbocycles. The molecule has 4 atom stereocenters. The molecular formula is C34H40N2O6. The lowest BCUT2D eigenvalue weighted by molar-refractivity contribution is -0.123. The van der Waals surface area contributed by atoms with Crippen LogP contribution in [0.2, 0.25) is 0 Å². The Morgan fingerprint density at radius 1 is 0.976 bits per heavy atom. The Bertz CT molecular complexity index is 1510. The lowest BCUT2D eigenvalue weighted by atomic mass is 9.61. The number of piperidine rings is 1. The number of rotatable bonds is 5. The molecule has 5 aliphatic rings. The molecule has 1 heterocycles. The van der Waals surface area contributed by atoms with Crippen LogP contribution in [0.3, 0.4) is 0 Å². The fourth-order valence-electron chi connectivity index (χ4n) is 8.21. The number of benzene rings is 1. The molecule has 8 heteroatoms. The third-order valence-electron chi connectivity index (χ3n) is 10.1. The van der Waals surface area contributed by atoms with Crippen LogP contribution in [-0.2, 0) is 27.3 Å². The Morgan fingerprint density at radius 2 is 1.71 bits per heavy atom. The predicted molar refractivity (Wildman–Crippen MR) is 158 cm³/mol. The molecule has 0 spiro atoms. The molecule has 0 bridgehead atoms. The van der Waals surface area contributed by atoms with Crippen molar-refractivity contribution in [1.29, 1.82) is 0 Å². The molecule has 1 fully saturated rings. The van der Waals surface area contributed by atoms with Gasteiger partial charge in [0, 0.05) is 25.0 Å². The van der Waals surface area contributed by atoms with Gasteiger partial charge < -0.3 is 21.1 Å². The Hall–Kier alpha value is -3.65. The highest BCUT2D eigenvalue weighted by Crippen LogP contribution is 2.55. The number of Topliss-reactive ketones (excluding diaryl/α,β-unsaturated/α-hetero) is 2. The minimum absolute atomic E-state index is 0.0298. The molecule has 8 nitrogen and oxygen atoms in total. The molecule has 222 valence electrons. The molecule has 6 rings (SSSR count). The van der Waals surface area contributed by atoms with E-state index in [2.05, 4.69) is 36.9 Å². The van der Waals surface area contributed by atoms with Gasteiger partial charge in [0.15, 0.2) is 11.6 Å². The molecule has 1 aromatic rings. The molecule has 1 aliphatic heterocycles. The first-order valence-corrected chi connectivity index (χ1v) is 15.3. The zero-order chi connectivity index (χ0) is 29.9. The first-order valence-electron chi connectivity index (χ1n) is 15.3. The van der Waals surface area contributed by atoms with Crippen molar-refractivity contribution in [3.05, 3.63) is 74.5 Å². The number of hydrogen-bond acceptors (Lipinski definition) is 7. The maximum Gasteiger partial charge on any atom is 0.255 e. The Labute approximate surface area is 246 Å². The summed E-state index contributed by atoms with van der Waals surface area (Å²) in [6, 6.07) is 6.67. The first-order chi connectivity index (χ1) is 20.1. The number of hydrogen-bond donors (Lipinski definition) is 4. The van der Waals surface area contributed by atoms with E-state index in [9.17, 15) is 29.7 Å². The Balaban J connectivity index is 1.49. The van der Waals surface area contributed by atoms with Gasteiger partial charge in [-0.15, -0.1) is 0 Å². The van der Waals surface area contributed by atoms with E-state index in [1.165, 1.54) is 30.4 Å². The van der Waals surface area contributed by atoms with Crippen molar-refractivity contribution in [2.45, 2.75) is 71.8 Å². The maximum atomic E-state index is 13.5.